The monoisotopic (exact) mass is 283 g/mol. The highest BCUT2D eigenvalue weighted by Crippen LogP contribution is 2.41. The molecule has 2 N–H and O–H groups in total. The lowest BCUT2D eigenvalue weighted by Crippen LogP contribution is -2.40. The zero-order valence-electron chi connectivity index (χ0n) is 11.3. The third kappa shape index (κ3) is 3.28. The molecule has 0 radical (unpaired) electrons. The Kier molecular flexibility index (Phi) is 4.16. The second kappa shape index (κ2) is 5.51. The molecule has 1 aliphatic rings. The number of fused-ring (bicyclic) bond motifs is 1. The van der Waals surface area contributed by atoms with Crippen LogP contribution in [0.15, 0.2) is 24.3 Å². The van der Waals surface area contributed by atoms with Crippen molar-refractivity contribution in [3.05, 3.63) is 29.8 Å². The minimum Gasteiger partial charge on any atom is -0.493 e. The number of sulfone groups is 1. The third-order valence-electron chi connectivity index (χ3n) is 3.86. The van der Waals surface area contributed by atoms with E-state index in [2.05, 4.69) is 0 Å². The highest BCUT2D eigenvalue weighted by atomic mass is 32.2. The lowest BCUT2D eigenvalue weighted by molar-refractivity contribution is 0.208. The number of hydrogen-bond acceptors (Lipinski definition) is 4. The van der Waals surface area contributed by atoms with E-state index >= 15 is 0 Å². The summed E-state index contributed by atoms with van der Waals surface area (Å²) in [4.78, 5) is 0. The van der Waals surface area contributed by atoms with Crippen LogP contribution >= 0.6 is 0 Å². The minimum absolute atomic E-state index is 0.139. The van der Waals surface area contributed by atoms with E-state index in [-0.39, 0.29) is 11.2 Å². The van der Waals surface area contributed by atoms with Crippen LogP contribution in [-0.4, -0.2) is 33.6 Å². The highest BCUT2D eigenvalue weighted by Gasteiger charge is 2.36. The van der Waals surface area contributed by atoms with Gasteiger partial charge in [0.1, 0.15) is 15.6 Å². The molecule has 2 rings (SSSR count). The maximum absolute atomic E-state index is 11.3. The summed E-state index contributed by atoms with van der Waals surface area (Å²) in [5, 5.41) is 0. The molecule has 1 aliphatic heterocycles. The Morgan fingerprint density at radius 1 is 1.37 bits per heavy atom. The smallest absolute Gasteiger partial charge is 0.147 e. The van der Waals surface area contributed by atoms with Gasteiger partial charge in [0, 0.05) is 29.5 Å². The Hall–Kier alpha value is -1.07. The normalized spacial score (nSPS) is 22.6. The van der Waals surface area contributed by atoms with Gasteiger partial charge in [-0.3, -0.25) is 0 Å². The van der Waals surface area contributed by atoms with Crippen molar-refractivity contribution in [3.8, 4) is 5.75 Å². The number of benzene rings is 1. The SMILES string of the molecule is CS(=O)(=O)CCCC1(CN)CCOc2ccccc21. The average molecular weight is 283 g/mol. The molecule has 1 aromatic rings. The molecule has 4 nitrogen and oxygen atoms in total. The molecule has 0 saturated heterocycles. The van der Waals surface area contributed by atoms with Gasteiger partial charge in [0.15, 0.2) is 0 Å². The van der Waals surface area contributed by atoms with E-state index in [4.69, 9.17) is 10.5 Å². The Morgan fingerprint density at radius 2 is 2.11 bits per heavy atom. The summed E-state index contributed by atoms with van der Waals surface area (Å²) in [6, 6.07) is 7.92. The second-order valence-electron chi connectivity index (χ2n) is 5.31. The largest absolute Gasteiger partial charge is 0.493 e. The first kappa shape index (κ1) is 14.3. The van der Waals surface area contributed by atoms with Crippen molar-refractivity contribution in [2.75, 3.05) is 25.2 Å². The van der Waals surface area contributed by atoms with Crippen molar-refractivity contribution >= 4 is 9.84 Å². The van der Waals surface area contributed by atoms with Crippen LogP contribution < -0.4 is 10.5 Å². The zero-order chi connectivity index (χ0) is 13.9. The molecular weight excluding hydrogens is 262 g/mol. The maximum Gasteiger partial charge on any atom is 0.147 e. The van der Waals surface area contributed by atoms with E-state index in [1.54, 1.807) is 0 Å². The Labute approximate surface area is 114 Å². The summed E-state index contributed by atoms with van der Waals surface area (Å²) in [7, 11) is -2.91. The van der Waals surface area contributed by atoms with E-state index < -0.39 is 9.84 Å². The van der Waals surface area contributed by atoms with Crippen LogP contribution in [0.4, 0.5) is 0 Å². The number of ether oxygens (including phenoxy) is 1. The number of hydrogen-bond donors (Lipinski definition) is 1. The summed E-state index contributed by atoms with van der Waals surface area (Å²) in [6.45, 7) is 1.17. The molecule has 0 saturated carbocycles. The molecule has 0 amide bonds. The highest BCUT2D eigenvalue weighted by molar-refractivity contribution is 7.90. The average Bonchev–Trinajstić information content (AvgIpc) is 2.37. The molecule has 0 aromatic heterocycles. The summed E-state index contributed by atoms with van der Waals surface area (Å²) < 4.78 is 28.2. The molecule has 0 aliphatic carbocycles. The van der Waals surface area contributed by atoms with E-state index in [0.29, 0.717) is 19.6 Å². The first-order chi connectivity index (χ1) is 8.97. The Balaban J connectivity index is 2.19. The fraction of sp³-hybridized carbons (Fsp3) is 0.571. The van der Waals surface area contributed by atoms with Crippen LogP contribution in [0.5, 0.6) is 5.75 Å². The van der Waals surface area contributed by atoms with Crippen LogP contribution in [0, 0.1) is 0 Å². The van der Waals surface area contributed by atoms with E-state index in [0.717, 1.165) is 24.2 Å². The molecule has 1 heterocycles. The van der Waals surface area contributed by atoms with Gasteiger partial charge < -0.3 is 10.5 Å². The quantitative estimate of drug-likeness (QED) is 0.889. The first-order valence-corrected chi connectivity index (χ1v) is 8.63. The van der Waals surface area contributed by atoms with Crippen LogP contribution in [0.2, 0.25) is 0 Å². The van der Waals surface area contributed by atoms with Gasteiger partial charge in [-0.05, 0) is 25.3 Å². The van der Waals surface area contributed by atoms with Crippen LogP contribution in [0.25, 0.3) is 0 Å². The zero-order valence-corrected chi connectivity index (χ0v) is 12.1. The summed E-state index contributed by atoms with van der Waals surface area (Å²) in [5.74, 6) is 1.11. The molecule has 0 bridgehead atoms. The van der Waals surface area contributed by atoms with Gasteiger partial charge in [0.2, 0.25) is 0 Å². The fourth-order valence-corrected chi connectivity index (χ4v) is 3.44. The standard InChI is InChI=1S/C14H21NO3S/c1-19(16,17)10-4-7-14(11-15)8-9-18-13-6-3-2-5-12(13)14/h2-3,5-6H,4,7-11,15H2,1H3. The molecule has 1 unspecified atom stereocenters. The van der Waals surface area contributed by atoms with Gasteiger partial charge in [-0.25, -0.2) is 8.42 Å². The molecule has 19 heavy (non-hydrogen) atoms. The van der Waals surface area contributed by atoms with Crippen molar-refractivity contribution < 1.29 is 13.2 Å². The van der Waals surface area contributed by atoms with Crippen LogP contribution in [0.3, 0.4) is 0 Å². The lowest BCUT2D eigenvalue weighted by Gasteiger charge is -2.38. The number of rotatable bonds is 5. The fourth-order valence-electron chi connectivity index (χ4n) is 2.77. The second-order valence-corrected chi connectivity index (χ2v) is 7.57. The molecule has 5 heteroatoms. The van der Waals surface area contributed by atoms with Gasteiger partial charge >= 0.3 is 0 Å². The van der Waals surface area contributed by atoms with E-state index in [9.17, 15) is 8.42 Å². The number of para-hydroxylation sites is 1. The third-order valence-corrected chi connectivity index (χ3v) is 4.89. The minimum atomic E-state index is -2.91. The summed E-state index contributed by atoms with van der Waals surface area (Å²) in [5.41, 5.74) is 6.98. The summed E-state index contributed by atoms with van der Waals surface area (Å²) >= 11 is 0. The van der Waals surface area contributed by atoms with Crippen molar-refractivity contribution in [3.63, 3.8) is 0 Å². The molecule has 1 atom stereocenters. The topological polar surface area (TPSA) is 69.4 Å². The number of nitrogens with two attached hydrogens (primary N) is 1. The predicted molar refractivity (Wildman–Crippen MR) is 76.2 cm³/mol. The maximum atomic E-state index is 11.3. The first-order valence-electron chi connectivity index (χ1n) is 6.57. The van der Waals surface area contributed by atoms with Gasteiger partial charge in [0.25, 0.3) is 0 Å². The molecule has 0 fully saturated rings. The molecular formula is C14H21NO3S. The molecule has 1 aromatic carbocycles. The molecule has 0 spiro atoms. The Morgan fingerprint density at radius 3 is 2.79 bits per heavy atom. The van der Waals surface area contributed by atoms with E-state index in [1.165, 1.54) is 6.26 Å². The van der Waals surface area contributed by atoms with Gasteiger partial charge in [-0.1, -0.05) is 18.2 Å². The van der Waals surface area contributed by atoms with Crippen LogP contribution in [-0.2, 0) is 15.3 Å². The van der Waals surface area contributed by atoms with Crippen molar-refractivity contribution in [1.29, 1.82) is 0 Å². The van der Waals surface area contributed by atoms with Crippen LogP contribution in [0.1, 0.15) is 24.8 Å². The lowest BCUT2D eigenvalue weighted by atomic mass is 9.73. The van der Waals surface area contributed by atoms with Gasteiger partial charge in [0.05, 0.1) is 6.61 Å². The van der Waals surface area contributed by atoms with Crippen molar-refractivity contribution in [2.24, 2.45) is 5.73 Å². The summed E-state index contributed by atoms with van der Waals surface area (Å²) in [6.07, 6.45) is 3.56. The Bertz CT molecular complexity index is 541. The van der Waals surface area contributed by atoms with Crippen molar-refractivity contribution in [1.82, 2.24) is 0 Å². The van der Waals surface area contributed by atoms with Crippen molar-refractivity contribution in [2.45, 2.75) is 24.7 Å². The van der Waals surface area contributed by atoms with Gasteiger partial charge in [-0.15, -0.1) is 0 Å². The van der Waals surface area contributed by atoms with Gasteiger partial charge in [-0.2, -0.15) is 0 Å². The predicted octanol–water partition coefficient (Wildman–Crippen LogP) is 1.49. The van der Waals surface area contributed by atoms with E-state index in [1.807, 2.05) is 24.3 Å². The molecule has 106 valence electrons.